The van der Waals surface area contributed by atoms with Crippen LogP contribution in [0.25, 0.3) is 0 Å². The first-order chi connectivity index (χ1) is 11.6. The maximum Gasteiger partial charge on any atom is 0.328 e. The molecule has 0 saturated carbocycles. The summed E-state index contributed by atoms with van der Waals surface area (Å²) in [6, 6.07) is -0.551. The topological polar surface area (TPSA) is 55.4 Å². The highest BCUT2D eigenvalue weighted by molar-refractivity contribution is 5.83. The second-order valence-corrected chi connectivity index (χ2v) is 6.81. The number of unbranched alkanes of at least 4 members (excludes halogenated alkanes) is 12. The van der Waals surface area contributed by atoms with Crippen LogP contribution in [-0.4, -0.2) is 25.0 Å². The van der Waals surface area contributed by atoms with E-state index in [-0.39, 0.29) is 5.91 Å². The van der Waals surface area contributed by atoms with Crippen LogP contribution in [0.2, 0.25) is 0 Å². The Morgan fingerprint density at radius 2 is 1.21 bits per heavy atom. The summed E-state index contributed by atoms with van der Waals surface area (Å²) in [7, 11) is 1.33. The van der Waals surface area contributed by atoms with E-state index in [1.165, 1.54) is 77.7 Å². The van der Waals surface area contributed by atoms with Crippen LogP contribution in [0.15, 0.2) is 0 Å². The monoisotopic (exact) mass is 341 g/mol. The van der Waals surface area contributed by atoms with Gasteiger partial charge in [0.2, 0.25) is 5.91 Å². The van der Waals surface area contributed by atoms with Crippen molar-refractivity contribution < 1.29 is 14.3 Å². The molecule has 0 radical (unpaired) electrons. The number of rotatable bonds is 16. The first-order valence-corrected chi connectivity index (χ1v) is 9.99. The number of esters is 1. The van der Waals surface area contributed by atoms with Crippen LogP contribution in [0, 0.1) is 0 Å². The largest absolute Gasteiger partial charge is 0.467 e. The molecule has 0 rings (SSSR count). The number of hydrogen-bond donors (Lipinski definition) is 1. The molecule has 0 aromatic carbocycles. The van der Waals surface area contributed by atoms with Gasteiger partial charge in [0.25, 0.3) is 0 Å². The van der Waals surface area contributed by atoms with Crippen molar-refractivity contribution >= 4 is 11.9 Å². The van der Waals surface area contributed by atoms with Gasteiger partial charge < -0.3 is 10.1 Å². The number of nitrogens with one attached hydrogen (secondary N) is 1. The van der Waals surface area contributed by atoms with Crippen molar-refractivity contribution in [1.29, 1.82) is 0 Å². The summed E-state index contributed by atoms with van der Waals surface area (Å²) in [5.41, 5.74) is 0. The van der Waals surface area contributed by atoms with E-state index in [0.717, 1.165) is 12.8 Å². The molecule has 1 amide bonds. The Bertz CT molecular complexity index is 318. The Morgan fingerprint density at radius 3 is 1.62 bits per heavy atom. The molecular formula is C20H39NO3. The quantitative estimate of drug-likeness (QED) is 0.312. The van der Waals surface area contributed by atoms with E-state index in [1.807, 2.05) is 0 Å². The molecule has 1 unspecified atom stereocenters. The van der Waals surface area contributed by atoms with Gasteiger partial charge in [-0.15, -0.1) is 0 Å². The molecule has 1 N–H and O–H groups in total. The molecule has 0 aliphatic heterocycles. The predicted octanol–water partition coefficient (Wildman–Crippen LogP) is 5.15. The summed E-state index contributed by atoms with van der Waals surface area (Å²) in [5, 5.41) is 2.66. The summed E-state index contributed by atoms with van der Waals surface area (Å²) in [5.74, 6) is -0.454. The third kappa shape index (κ3) is 14.5. The van der Waals surface area contributed by atoms with Crippen LogP contribution in [0.1, 0.15) is 104 Å². The van der Waals surface area contributed by atoms with Gasteiger partial charge in [0.05, 0.1) is 7.11 Å². The zero-order chi connectivity index (χ0) is 18.0. The van der Waals surface area contributed by atoms with Crippen molar-refractivity contribution in [3.05, 3.63) is 0 Å². The lowest BCUT2D eigenvalue weighted by Gasteiger charge is -2.11. The van der Waals surface area contributed by atoms with Crippen LogP contribution in [0.4, 0.5) is 0 Å². The number of ether oxygens (including phenoxy) is 1. The van der Waals surface area contributed by atoms with Crippen molar-refractivity contribution in [3.8, 4) is 0 Å². The Labute approximate surface area is 149 Å². The third-order valence-electron chi connectivity index (χ3n) is 4.44. The van der Waals surface area contributed by atoms with Gasteiger partial charge in [-0.1, -0.05) is 84.0 Å². The average molecular weight is 342 g/mol. The van der Waals surface area contributed by atoms with Crippen molar-refractivity contribution in [3.63, 3.8) is 0 Å². The van der Waals surface area contributed by atoms with Gasteiger partial charge in [-0.2, -0.15) is 0 Å². The van der Waals surface area contributed by atoms with E-state index in [1.54, 1.807) is 6.92 Å². The zero-order valence-corrected chi connectivity index (χ0v) is 16.2. The highest BCUT2D eigenvalue weighted by atomic mass is 16.5. The fraction of sp³-hybridized carbons (Fsp3) is 0.900. The minimum atomic E-state index is -0.551. The van der Waals surface area contributed by atoms with Crippen molar-refractivity contribution in [2.75, 3.05) is 7.11 Å². The Morgan fingerprint density at radius 1 is 0.792 bits per heavy atom. The normalized spacial score (nSPS) is 12.0. The molecule has 4 nitrogen and oxygen atoms in total. The number of carbonyl (C=O) groups excluding carboxylic acids is 2. The van der Waals surface area contributed by atoms with E-state index >= 15 is 0 Å². The van der Waals surface area contributed by atoms with Crippen molar-refractivity contribution in [2.45, 2.75) is 110 Å². The van der Waals surface area contributed by atoms with Crippen molar-refractivity contribution in [1.82, 2.24) is 5.32 Å². The second-order valence-electron chi connectivity index (χ2n) is 6.81. The van der Waals surface area contributed by atoms with Gasteiger partial charge in [-0.05, 0) is 13.3 Å². The molecule has 0 spiro atoms. The number of carbonyl (C=O) groups is 2. The van der Waals surface area contributed by atoms with Gasteiger partial charge in [0.15, 0.2) is 0 Å². The summed E-state index contributed by atoms with van der Waals surface area (Å²) >= 11 is 0. The lowest BCUT2D eigenvalue weighted by molar-refractivity contribution is -0.144. The molecule has 0 aliphatic rings. The molecule has 0 fully saturated rings. The average Bonchev–Trinajstić information content (AvgIpc) is 2.58. The van der Waals surface area contributed by atoms with Gasteiger partial charge in [0, 0.05) is 6.42 Å². The van der Waals surface area contributed by atoms with Crippen LogP contribution >= 0.6 is 0 Å². The van der Waals surface area contributed by atoms with Crippen LogP contribution in [0.3, 0.4) is 0 Å². The minimum absolute atomic E-state index is 0.0593. The smallest absolute Gasteiger partial charge is 0.328 e. The second kappa shape index (κ2) is 16.8. The minimum Gasteiger partial charge on any atom is -0.467 e. The van der Waals surface area contributed by atoms with Gasteiger partial charge in [-0.25, -0.2) is 4.79 Å². The molecule has 0 aliphatic carbocycles. The molecular weight excluding hydrogens is 302 g/mol. The number of methoxy groups -OCH3 is 1. The summed E-state index contributed by atoms with van der Waals surface area (Å²) in [6.07, 6.45) is 17.3. The molecule has 24 heavy (non-hydrogen) atoms. The van der Waals surface area contributed by atoms with E-state index in [4.69, 9.17) is 0 Å². The highest BCUT2D eigenvalue weighted by Gasteiger charge is 2.14. The fourth-order valence-corrected chi connectivity index (χ4v) is 2.85. The lowest BCUT2D eigenvalue weighted by Crippen LogP contribution is -2.38. The first-order valence-electron chi connectivity index (χ1n) is 9.99. The molecule has 0 saturated heterocycles. The van der Waals surface area contributed by atoms with E-state index in [2.05, 4.69) is 17.0 Å². The van der Waals surface area contributed by atoms with E-state index in [9.17, 15) is 9.59 Å². The molecule has 4 heteroatoms. The summed E-state index contributed by atoms with van der Waals surface area (Å²) in [6.45, 7) is 3.91. The van der Waals surface area contributed by atoms with Crippen LogP contribution in [0.5, 0.6) is 0 Å². The van der Waals surface area contributed by atoms with Crippen LogP contribution in [-0.2, 0) is 14.3 Å². The maximum absolute atomic E-state index is 11.7. The van der Waals surface area contributed by atoms with Gasteiger partial charge >= 0.3 is 5.97 Å². The number of hydrogen-bond acceptors (Lipinski definition) is 3. The Balaban J connectivity index is 3.27. The molecule has 0 bridgehead atoms. The Hall–Kier alpha value is -1.06. The van der Waals surface area contributed by atoms with E-state index < -0.39 is 12.0 Å². The van der Waals surface area contributed by atoms with Gasteiger partial charge in [-0.3, -0.25) is 4.79 Å². The number of amides is 1. The van der Waals surface area contributed by atoms with Crippen LogP contribution < -0.4 is 5.32 Å². The first kappa shape index (κ1) is 22.9. The molecule has 142 valence electrons. The summed E-state index contributed by atoms with van der Waals surface area (Å²) < 4.78 is 4.58. The molecule has 1 atom stereocenters. The standard InChI is InChI=1S/C20H39NO3/c1-4-5-6-7-8-9-10-11-12-13-14-15-16-17-19(22)21-18(2)20(23)24-3/h18H,4-17H2,1-3H3,(H,21,22). The molecule has 0 aromatic rings. The van der Waals surface area contributed by atoms with Gasteiger partial charge in [0.1, 0.15) is 6.04 Å². The lowest BCUT2D eigenvalue weighted by atomic mass is 10.0. The SMILES string of the molecule is CCCCCCCCCCCCCCCC(=O)NC(C)C(=O)OC. The molecule has 0 aromatic heterocycles. The highest BCUT2D eigenvalue weighted by Crippen LogP contribution is 2.12. The van der Waals surface area contributed by atoms with Crippen molar-refractivity contribution in [2.24, 2.45) is 0 Å². The van der Waals surface area contributed by atoms with E-state index in [0.29, 0.717) is 6.42 Å². The fourth-order valence-electron chi connectivity index (χ4n) is 2.85. The maximum atomic E-state index is 11.7. The Kier molecular flexibility index (Phi) is 16.0. The third-order valence-corrected chi connectivity index (χ3v) is 4.44. The summed E-state index contributed by atoms with van der Waals surface area (Å²) in [4.78, 5) is 22.9. The zero-order valence-electron chi connectivity index (χ0n) is 16.2. The molecule has 0 heterocycles. The predicted molar refractivity (Wildman–Crippen MR) is 99.9 cm³/mol.